The van der Waals surface area contributed by atoms with E-state index in [0.717, 1.165) is 17.6 Å². The lowest BCUT2D eigenvalue weighted by Gasteiger charge is -2.08. The molecule has 4 nitrogen and oxygen atoms in total. The number of ketones is 1. The molecule has 0 radical (unpaired) electrons. The topological polar surface area (TPSA) is 45.0 Å². The van der Waals surface area contributed by atoms with Crippen LogP contribution in [0.25, 0.3) is 0 Å². The summed E-state index contributed by atoms with van der Waals surface area (Å²) >= 11 is 3.35. The number of Topliss-reactive ketones (excluding diaryl/α,β-unsaturated/α-hetero) is 1. The van der Waals surface area contributed by atoms with E-state index in [2.05, 4.69) is 26.3 Å². The highest BCUT2D eigenvalue weighted by molar-refractivity contribution is 9.10. The lowest BCUT2D eigenvalue weighted by atomic mass is 10.1. The maximum Gasteiger partial charge on any atom is 0.162 e. The Morgan fingerprint density at radius 3 is 2.71 bits per heavy atom. The number of benzene rings is 1. The minimum Gasteiger partial charge on any atom is -0.294 e. The van der Waals surface area contributed by atoms with Crippen LogP contribution in [0.5, 0.6) is 0 Å². The van der Waals surface area contributed by atoms with Crippen molar-refractivity contribution < 1.29 is 4.79 Å². The smallest absolute Gasteiger partial charge is 0.162 e. The van der Waals surface area contributed by atoms with Crippen molar-refractivity contribution in [2.24, 2.45) is 10.3 Å². The summed E-state index contributed by atoms with van der Waals surface area (Å²) in [5.41, 5.74) is 1.23. The van der Waals surface area contributed by atoms with Gasteiger partial charge in [0.15, 0.2) is 5.78 Å². The summed E-state index contributed by atoms with van der Waals surface area (Å²) in [7, 11) is 0. The molecule has 1 heterocycles. The van der Waals surface area contributed by atoms with Crippen LogP contribution in [0.15, 0.2) is 33.0 Å². The lowest BCUT2D eigenvalue weighted by molar-refractivity contribution is 0.101. The highest BCUT2D eigenvalue weighted by Gasteiger charge is 2.10. The maximum atomic E-state index is 11.5. The molecule has 2 rings (SSSR count). The normalized spacial score (nSPS) is 15.8. The highest BCUT2D eigenvalue weighted by atomic mass is 79.9. The summed E-state index contributed by atoms with van der Waals surface area (Å²) in [4.78, 5) is 11.5. The summed E-state index contributed by atoms with van der Waals surface area (Å²) in [6.07, 6.45) is 2.33. The predicted octanol–water partition coefficient (Wildman–Crippen LogP) is 3.75. The van der Waals surface area contributed by atoms with Crippen molar-refractivity contribution in [3.63, 3.8) is 0 Å². The molecule has 0 aliphatic carbocycles. The van der Waals surface area contributed by atoms with Crippen LogP contribution < -0.4 is 0 Å². The van der Waals surface area contributed by atoms with Gasteiger partial charge < -0.3 is 0 Å². The second kappa shape index (κ2) is 5.40. The predicted molar refractivity (Wildman–Crippen MR) is 69.5 cm³/mol. The van der Waals surface area contributed by atoms with Crippen LogP contribution in [0.2, 0.25) is 0 Å². The van der Waals surface area contributed by atoms with Crippen molar-refractivity contribution >= 4 is 27.4 Å². The van der Waals surface area contributed by atoms with Crippen molar-refractivity contribution in [2.75, 3.05) is 13.1 Å². The monoisotopic (exact) mass is 295 g/mol. The summed E-state index contributed by atoms with van der Waals surface area (Å²) in [6.45, 7) is 3.45. The van der Waals surface area contributed by atoms with Gasteiger partial charge in [-0.15, -0.1) is 5.11 Å². The van der Waals surface area contributed by atoms with Gasteiger partial charge in [-0.25, -0.2) is 0 Å². The molecule has 0 saturated carbocycles. The zero-order valence-electron chi connectivity index (χ0n) is 9.69. The van der Waals surface area contributed by atoms with Gasteiger partial charge in [-0.2, -0.15) is 0 Å². The number of hydrogen-bond donors (Lipinski definition) is 0. The molecule has 1 saturated heterocycles. The third-order valence-electron chi connectivity index (χ3n) is 2.70. The second-order valence-corrected chi connectivity index (χ2v) is 4.98. The van der Waals surface area contributed by atoms with Crippen LogP contribution in [0.4, 0.5) is 5.69 Å². The molecule has 1 aromatic carbocycles. The van der Waals surface area contributed by atoms with Crippen LogP contribution in [-0.4, -0.2) is 23.9 Å². The number of nitrogens with zero attached hydrogens (tertiary/aromatic N) is 3. The number of carbonyl (C=O) groups is 1. The van der Waals surface area contributed by atoms with Crippen molar-refractivity contribution in [1.29, 1.82) is 0 Å². The van der Waals surface area contributed by atoms with Crippen LogP contribution in [0.1, 0.15) is 30.1 Å². The molecule has 0 N–H and O–H groups in total. The van der Waals surface area contributed by atoms with Gasteiger partial charge in [-0.3, -0.25) is 9.80 Å². The standard InChI is InChI=1S/C12H14BrN3O/c1-9(17)11-8-10(13)4-5-12(11)14-15-16-6-2-3-7-16/h4-5,8H,2-3,6-7H2,1H3. The molecule has 1 fully saturated rings. The summed E-state index contributed by atoms with van der Waals surface area (Å²) in [5, 5.41) is 10.3. The Labute approximate surface area is 109 Å². The fourth-order valence-electron chi connectivity index (χ4n) is 1.78. The SMILES string of the molecule is CC(=O)c1cc(Br)ccc1N=NN1CCCC1. The van der Waals surface area contributed by atoms with Gasteiger partial charge >= 0.3 is 0 Å². The fourth-order valence-corrected chi connectivity index (χ4v) is 2.14. The van der Waals surface area contributed by atoms with Gasteiger partial charge in [0.25, 0.3) is 0 Å². The second-order valence-electron chi connectivity index (χ2n) is 4.07. The molecule has 0 bridgehead atoms. The van der Waals surface area contributed by atoms with E-state index in [4.69, 9.17) is 0 Å². The van der Waals surface area contributed by atoms with Gasteiger partial charge in [-0.1, -0.05) is 21.2 Å². The molecule has 0 unspecified atom stereocenters. The molecule has 0 aromatic heterocycles. The van der Waals surface area contributed by atoms with Crippen molar-refractivity contribution in [2.45, 2.75) is 19.8 Å². The van der Waals surface area contributed by atoms with Crippen molar-refractivity contribution in [3.05, 3.63) is 28.2 Å². The Morgan fingerprint density at radius 1 is 1.35 bits per heavy atom. The Balaban J connectivity index is 2.22. The molecular formula is C12H14BrN3O. The Morgan fingerprint density at radius 2 is 2.06 bits per heavy atom. The van der Waals surface area contributed by atoms with E-state index >= 15 is 0 Å². The Kier molecular flexibility index (Phi) is 3.89. The molecule has 5 heteroatoms. The highest BCUT2D eigenvalue weighted by Crippen LogP contribution is 2.25. The quantitative estimate of drug-likeness (QED) is 0.630. The fraction of sp³-hybridized carbons (Fsp3) is 0.417. The van der Waals surface area contributed by atoms with E-state index < -0.39 is 0 Å². The number of halogens is 1. The third kappa shape index (κ3) is 3.12. The molecule has 1 aliphatic heterocycles. The summed E-state index contributed by atoms with van der Waals surface area (Å²) in [6, 6.07) is 5.45. The number of rotatable bonds is 3. The first-order valence-electron chi connectivity index (χ1n) is 5.64. The summed E-state index contributed by atoms with van der Waals surface area (Å²) in [5.74, 6) is 0.00155. The zero-order chi connectivity index (χ0) is 12.3. The molecule has 0 spiro atoms. The Hall–Kier alpha value is -1.23. The zero-order valence-corrected chi connectivity index (χ0v) is 11.3. The molecular weight excluding hydrogens is 282 g/mol. The molecule has 17 heavy (non-hydrogen) atoms. The van der Waals surface area contributed by atoms with E-state index in [-0.39, 0.29) is 5.78 Å². The molecule has 0 amide bonds. The third-order valence-corrected chi connectivity index (χ3v) is 3.19. The van der Waals surface area contributed by atoms with E-state index in [1.54, 1.807) is 12.1 Å². The summed E-state index contributed by atoms with van der Waals surface area (Å²) < 4.78 is 0.878. The van der Waals surface area contributed by atoms with Gasteiger partial charge in [0.2, 0.25) is 0 Å². The lowest BCUT2D eigenvalue weighted by Crippen LogP contribution is -2.09. The number of hydrogen-bond acceptors (Lipinski definition) is 3. The largest absolute Gasteiger partial charge is 0.294 e. The Bertz CT molecular complexity index is 453. The van der Waals surface area contributed by atoms with E-state index in [9.17, 15) is 4.79 Å². The molecule has 1 aromatic rings. The molecule has 0 atom stereocenters. The minimum absolute atomic E-state index is 0.00155. The molecule has 1 aliphatic rings. The van der Waals surface area contributed by atoms with E-state index in [1.165, 1.54) is 19.8 Å². The van der Waals surface area contributed by atoms with Crippen LogP contribution in [-0.2, 0) is 0 Å². The average Bonchev–Trinajstić information content (AvgIpc) is 2.80. The van der Waals surface area contributed by atoms with Crippen LogP contribution in [0, 0.1) is 0 Å². The van der Waals surface area contributed by atoms with Crippen LogP contribution in [0.3, 0.4) is 0 Å². The van der Waals surface area contributed by atoms with Gasteiger partial charge in [-0.05, 0) is 38.0 Å². The van der Waals surface area contributed by atoms with E-state index in [1.807, 2.05) is 11.1 Å². The minimum atomic E-state index is 0.00155. The van der Waals surface area contributed by atoms with E-state index in [0.29, 0.717) is 11.3 Å². The first kappa shape index (κ1) is 12.2. The average molecular weight is 296 g/mol. The van der Waals surface area contributed by atoms with Gasteiger partial charge in [0, 0.05) is 23.1 Å². The molecule has 90 valence electrons. The first-order valence-corrected chi connectivity index (χ1v) is 6.43. The maximum absolute atomic E-state index is 11.5. The van der Waals surface area contributed by atoms with Crippen molar-refractivity contribution in [1.82, 2.24) is 5.01 Å². The van der Waals surface area contributed by atoms with Gasteiger partial charge in [0.05, 0.1) is 5.69 Å². The number of carbonyl (C=O) groups excluding carboxylic acids is 1. The first-order chi connectivity index (χ1) is 8.16. The van der Waals surface area contributed by atoms with Gasteiger partial charge in [0.1, 0.15) is 0 Å². The van der Waals surface area contributed by atoms with Crippen LogP contribution >= 0.6 is 15.9 Å². The van der Waals surface area contributed by atoms with Crippen molar-refractivity contribution in [3.8, 4) is 0 Å².